The number of nitriles is 1. The van der Waals surface area contributed by atoms with Crippen LogP contribution in [0.25, 0.3) is 0 Å². The zero-order valence-corrected chi connectivity index (χ0v) is 11.6. The summed E-state index contributed by atoms with van der Waals surface area (Å²) in [5.74, 6) is 6.00. The van der Waals surface area contributed by atoms with Gasteiger partial charge in [-0.2, -0.15) is 5.26 Å². The SMILES string of the molecule is CC(C#N)CN(C)Cc1ccc(C#CCCO)s1. The van der Waals surface area contributed by atoms with Crippen molar-refractivity contribution in [2.45, 2.75) is 19.9 Å². The van der Waals surface area contributed by atoms with E-state index in [4.69, 9.17) is 10.4 Å². The van der Waals surface area contributed by atoms with E-state index < -0.39 is 0 Å². The highest BCUT2D eigenvalue weighted by molar-refractivity contribution is 7.12. The first-order valence-electron chi connectivity index (χ1n) is 5.92. The monoisotopic (exact) mass is 262 g/mol. The van der Waals surface area contributed by atoms with Gasteiger partial charge in [-0.05, 0) is 26.1 Å². The average molecular weight is 262 g/mol. The fourth-order valence-electron chi connectivity index (χ4n) is 1.57. The van der Waals surface area contributed by atoms with Crippen LogP contribution >= 0.6 is 11.3 Å². The van der Waals surface area contributed by atoms with E-state index in [1.807, 2.05) is 20.0 Å². The molecule has 0 fully saturated rings. The molecule has 0 bridgehead atoms. The van der Waals surface area contributed by atoms with Gasteiger partial charge in [0.25, 0.3) is 0 Å². The van der Waals surface area contributed by atoms with Crippen LogP contribution in [-0.4, -0.2) is 30.2 Å². The van der Waals surface area contributed by atoms with Gasteiger partial charge in [-0.1, -0.05) is 11.8 Å². The summed E-state index contributed by atoms with van der Waals surface area (Å²) in [7, 11) is 2.02. The Kier molecular flexibility index (Phi) is 6.46. The number of hydrogen-bond donors (Lipinski definition) is 1. The predicted molar refractivity (Wildman–Crippen MR) is 74.0 cm³/mol. The number of rotatable bonds is 5. The van der Waals surface area contributed by atoms with E-state index in [0.717, 1.165) is 18.0 Å². The van der Waals surface area contributed by atoms with Gasteiger partial charge in [-0.3, -0.25) is 0 Å². The summed E-state index contributed by atoms with van der Waals surface area (Å²) >= 11 is 1.67. The molecule has 0 saturated heterocycles. The molecule has 1 heterocycles. The molecule has 1 aromatic heterocycles. The molecule has 4 heteroatoms. The fourth-order valence-corrected chi connectivity index (χ4v) is 2.54. The van der Waals surface area contributed by atoms with E-state index in [2.05, 4.69) is 28.9 Å². The standard InChI is InChI=1S/C14H18N2OS/c1-12(9-15)10-16(2)11-14-7-6-13(18-14)5-3-4-8-17/h6-7,12,17H,4,8,10-11H2,1-2H3. The second-order valence-electron chi connectivity index (χ2n) is 4.27. The van der Waals surface area contributed by atoms with E-state index in [1.165, 1.54) is 4.88 Å². The van der Waals surface area contributed by atoms with Gasteiger partial charge in [0.2, 0.25) is 0 Å². The minimum absolute atomic E-state index is 0.0544. The Labute approximate surface area is 113 Å². The molecule has 1 N–H and O–H groups in total. The van der Waals surface area contributed by atoms with Crippen molar-refractivity contribution in [3.05, 3.63) is 21.9 Å². The molecule has 3 nitrogen and oxygen atoms in total. The van der Waals surface area contributed by atoms with Crippen LogP contribution in [0.15, 0.2) is 12.1 Å². The second kappa shape index (κ2) is 7.89. The molecule has 0 radical (unpaired) electrons. The van der Waals surface area contributed by atoms with Crippen LogP contribution in [0, 0.1) is 29.1 Å². The third-order valence-corrected chi connectivity index (χ3v) is 3.33. The zero-order chi connectivity index (χ0) is 13.4. The van der Waals surface area contributed by atoms with Gasteiger partial charge in [-0.25, -0.2) is 0 Å². The maximum atomic E-state index is 8.76. The Morgan fingerprint density at radius 2 is 2.28 bits per heavy atom. The lowest BCUT2D eigenvalue weighted by atomic mass is 10.2. The van der Waals surface area contributed by atoms with Crippen molar-refractivity contribution in [1.29, 1.82) is 5.26 Å². The Morgan fingerprint density at radius 3 is 2.94 bits per heavy atom. The van der Waals surface area contributed by atoms with E-state index in [0.29, 0.717) is 6.42 Å². The number of thiophene rings is 1. The van der Waals surface area contributed by atoms with Crippen molar-refractivity contribution in [2.24, 2.45) is 5.92 Å². The summed E-state index contributed by atoms with van der Waals surface area (Å²) in [4.78, 5) is 4.42. The van der Waals surface area contributed by atoms with Gasteiger partial charge in [0, 0.05) is 24.4 Å². The minimum atomic E-state index is 0.0544. The molecule has 0 spiro atoms. The first-order valence-corrected chi connectivity index (χ1v) is 6.74. The van der Waals surface area contributed by atoms with Gasteiger partial charge >= 0.3 is 0 Å². The molecule has 18 heavy (non-hydrogen) atoms. The Bertz CT molecular complexity index is 464. The number of aliphatic hydroxyl groups excluding tert-OH is 1. The third-order valence-electron chi connectivity index (χ3n) is 2.34. The molecular weight excluding hydrogens is 244 g/mol. The highest BCUT2D eigenvalue weighted by Crippen LogP contribution is 2.17. The summed E-state index contributed by atoms with van der Waals surface area (Å²) in [6, 6.07) is 6.31. The van der Waals surface area contributed by atoms with Crippen LogP contribution < -0.4 is 0 Å². The lowest BCUT2D eigenvalue weighted by molar-refractivity contribution is 0.305. The first-order chi connectivity index (χ1) is 8.65. The van der Waals surface area contributed by atoms with E-state index >= 15 is 0 Å². The van der Waals surface area contributed by atoms with Gasteiger partial charge in [0.05, 0.1) is 23.5 Å². The molecule has 0 saturated carbocycles. The first kappa shape index (κ1) is 14.7. The van der Waals surface area contributed by atoms with Crippen LogP contribution in [-0.2, 0) is 6.54 Å². The van der Waals surface area contributed by atoms with Gasteiger partial charge < -0.3 is 10.0 Å². The third kappa shape index (κ3) is 5.33. The summed E-state index contributed by atoms with van der Waals surface area (Å²) < 4.78 is 0. The van der Waals surface area contributed by atoms with E-state index in [1.54, 1.807) is 11.3 Å². The second-order valence-corrected chi connectivity index (χ2v) is 5.44. The Morgan fingerprint density at radius 1 is 1.50 bits per heavy atom. The topological polar surface area (TPSA) is 47.3 Å². The molecule has 1 rings (SSSR count). The quantitative estimate of drug-likeness (QED) is 0.826. The molecule has 0 aliphatic carbocycles. The maximum absolute atomic E-state index is 8.76. The Hall–Kier alpha value is -1.33. The lowest BCUT2D eigenvalue weighted by Gasteiger charge is -2.16. The predicted octanol–water partition coefficient (Wildman–Crippen LogP) is 2.07. The van der Waals surface area contributed by atoms with E-state index in [9.17, 15) is 0 Å². The van der Waals surface area contributed by atoms with Crippen LogP contribution in [0.3, 0.4) is 0 Å². The van der Waals surface area contributed by atoms with Crippen molar-refractivity contribution in [3.63, 3.8) is 0 Å². The minimum Gasteiger partial charge on any atom is -0.395 e. The van der Waals surface area contributed by atoms with Gasteiger partial charge in [0.1, 0.15) is 0 Å². The average Bonchev–Trinajstić information content (AvgIpc) is 2.76. The van der Waals surface area contributed by atoms with Crippen LogP contribution in [0.4, 0.5) is 0 Å². The normalized spacial score (nSPS) is 11.7. The summed E-state index contributed by atoms with van der Waals surface area (Å²) in [6.07, 6.45) is 0.521. The highest BCUT2D eigenvalue weighted by atomic mass is 32.1. The molecule has 1 aromatic rings. The van der Waals surface area contributed by atoms with Gasteiger partial charge in [0.15, 0.2) is 0 Å². The van der Waals surface area contributed by atoms with Crippen molar-refractivity contribution >= 4 is 11.3 Å². The number of hydrogen-bond acceptors (Lipinski definition) is 4. The summed E-state index contributed by atoms with van der Waals surface area (Å²) in [6.45, 7) is 3.66. The largest absolute Gasteiger partial charge is 0.395 e. The van der Waals surface area contributed by atoms with Crippen LogP contribution in [0.1, 0.15) is 23.1 Å². The Balaban J connectivity index is 2.49. The van der Waals surface area contributed by atoms with Crippen LogP contribution in [0.2, 0.25) is 0 Å². The molecule has 1 atom stereocenters. The van der Waals surface area contributed by atoms with Crippen molar-refractivity contribution in [2.75, 3.05) is 20.2 Å². The van der Waals surface area contributed by atoms with Crippen molar-refractivity contribution in [1.82, 2.24) is 4.90 Å². The zero-order valence-electron chi connectivity index (χ0n) is 10.8. The molecule has 0 aliphatic rings. The van der Waals surface area contributed by atoms with Gasteiger partial charge in [-0.15, -0.1) is 11.3 Å². The molecule has 0 aromatic carbocycles. The fraction of sp³-hybridized carbons (Fsp3) is 0.500. The summed E-state index contributed by atoms with van der Waals surface area (Å²) in [5.41, 5.74) is 0. The summed E-state index contributed by atoms with van der Waals surface area (Å²) in [5, 5.41) is 17.4. The molecule has 96 valence electrons. The molecule has 0 amide bonds. The molecule has 1 unspecified atom stereocenters. The number of aliphatic hydroxyl groups is 1. The smallest absolute Gasteiger partial charge is 0.0771 e. The molecular formula is C14H18N2OS. The van der Waals surface area contributed by atoms with Crippen LogP contribution in [0.5, 0.6) is 0 Å². The lowest BCUT2D eigenvalue weighted by Crippen LogP contribution is -2.22. The maximum Gasteiger partial charge on any atom is 0.0771 e. The number of nitrogens with zero attached hydrogens (tertiary/aromatic N) is 2. The highest BCUT2D eigenvalue weighted by Gasteiger charge is 2.07. The molecule has 0 aliphatic heterocycles. The van der Waals surface area contributed by atoms with Crippen molar-refractivity contribution in [3.8, 4) is 17.9 Å². The van der Waals surface area contributed by atoms with Crippen molar-refractivity contribution < 1.29 is 5.11 Å². The van der Waals surface area contributed by atoms with E-state index in [-0.39, 0.29) is 12.5 Å².